The van der Waals surface area contributed by atoms with Crippen molar-refractivity contribution in [2.24, 2.45) is 5.92 Å². The minimum absolute atomic E-state index is 0.231. The second-order valence-electron chi connectivity index (χ2n) is 6.67. The number of carbonyl (C=O) groups is 1. The largest absolute Gasteiger partial charge is 0.460 e. The summed E-state index contributed by atoms with van der Waals surface area (Å²) in [6, 6.07) is 6.58. The van der Waals surface area contributed by atoms with Gasteiger partial charge in [0.05, 0.1) is 10.8 Å². The summed E-state index contributed by atoms with van der Waals surface area (Å²) in [7, 11) is -3.50. The van der Waals surface area contributed by atoms with Crippen LogP contribution in [-0.4, -0.2) is 37.4 Å². The molecule has 0 N–H and O–H groups in total. The molecule has 0 saturated carbocycles. The molecule has 0 atom stereocenters. The number of esters is 1. The Morgan fingerprint density at radius 2 is 1.70 bits per heavy atom. The number of ether oxygens (including phenoxy) is 1. The summed E-state index contributed by atoms with van der Waals surface area (Å²) in [5.74, 6) is -0.469. The van der Waals surface area contributed by atoms with Crippen molar-refractivity contribution in [3.63, 3.8) is 0 Å². The molecule has 0 amide bonds. The Morgan fingerprint density at radius 3 is 2.17 bits per heavy atom. The molecule has 0 unspecified atom stereocenters. The summed E-state index contributed by atoms with van der Waals surface area (Å²) >= 11 is 3.30. The predicted molar refractivity (Wildman–Crippen MR) is 91.5 cm³/mol. The van der Waals surface area contributed by atoms with Gasteiger partial charge in [-0.1, -0.05) is 15.9 Å². The molecule has 1 fully saturated rings. The van der Waals surface area contributed by atoms with Gasteiger partial charge in [0.2, 0.25) is 10.0 Å². The molecule has 7 heteroatoms. The van der Waals surface area contributed by atoms with E-state index in [1.807, 2.05) is 20.8 Å². The van der Waals surface area contributed by atoms with Gasteiger partial charge >= 0.3 is 5.97 Å². The number of sulfonamides is 1. The van der Waals surface area contributed by atoms with Crippen molar-refractivity contribution < 1.29 is 17.9 Å². The van der Waals surface area contributed by atoms with E-state index in [9.17, 15) is 13.2 Å². The van der Waals surface area contributed by atoms with E-state index in [0.29, 0.717) is 25.9 Å². The Bertz CT molecular complexity index is 656. The number of rotatable bonds is 3. The maximum absolute atomic E-state index is 12.6. The van der Waals surface area contributed by atoms with Gasteiger partial charge in [-0.25, -0.2) is 8.42 Å². The molecule has 23 heavy (non-hydrogen) atoms. The quantitative estimate of drug-likeness (QED) is 0.726. The van der Waals surface area contributed by atoms with Crippen molar-refractivity contribution in [2.45, 2.75) is 44.1 Å². The van der Waals surface area contributed by atoms with Crippen molar-refractivity contribution >= 4 is 31.9 Å². The minimum atomic E-state index is -3.50. The van der Waals surface area contributed by atoms with E-state index in [1.165, 1.54) is 4.31 Å². The molecule has 0 spiro atoms. The average molecular weight is 404 g/mol. The van der Waals surface area contributed by atoms with Crippen LogP contribution in [-0.2, 0) is 19.6 Å². The first-order valence-corrected chi connectivity index (χ1v) is 9.81. The zero-order valence-corrected chi connectivity index (χ0v) is 16.0. The first-order chi connectivity index (χ1) is 10.6. The number of nitrogens with zero attached hydrogens (tertiary/aromatic N) is 1. The van der Waals surface area contributed by atoms with Crippen LogP contribution in [0.5, 0.6) is 0 Å². The molecule has 0 bridgehead atoms. The molecule has 0 radical (unpaired) electrons. The van der Waals surface area contributed by atoms with Crippen LogP contribution in [0, 0.1) is 5.92 Å². The first kappa shape index (κ1) is 18.4. The van der Waals surface area contributed by atoms with Crippen LogP contribution in [0.3, 0.4) is 0 Å². The summed E-state index contributed by atoms with van der Waals surface area (Å²) in [5, 5.41) is 0. The summed E-state index contributed by atoms with van der Waals surface area (Å²) in [4.78, 5) is 12.4. The molecule has 1 aliphatic heterocycles. The smallest absolute Gasteiger partial charge is 0.309 e. The standard InChI is InChI=1S/C16H22BrNO4S/c1-16(2,3)22-15(19)12-8-10-18(11-9-12)23(20,21)14-6-4-13(17)5-7-14/h4-7,12H,8-11H2,1-3H3. The Hall–Kier alpha value is -0.920. The van der Waals surface area contributed by atoms with E-state index in [2.05, 4.69) is 15.9 Å². The Labute approximate surface area is 146 Å². The van der Waals surface area contributed by atoms with Gasteiger partial charge < -0.3 is 4.74 Å². The molecule has 1 aromatic carbocycles. The van der Waals surface area contributed by atoms with E-state index in [0.717, 1.165) is 4.47 Å². The van der Waals surface area contributed by atoms with Crippen LogP contribution in [0.25, 0.3) is 0 Å². The molecule has 128 valence electrons. The number of carbonyl (C=O) groups excluding carboxylic acids is 1. The van der Waals surface area contributed by atoms with E-state index in [1.54, 1.807) is 24.3 Å². The zero-order valence-electron chi connectivity index (χ0n) is 13.6. The van der Waals surface area contributed by atoms with Crippen LogP contribution in [0.15, 0.2) is 33.6 Å². The topological polar surface area (TPSA) is 63.7 Å². The van der Waals surface area contributed by atoms with Gasteiger partial charge in [0, 0.05) is 17.6 Å². The van der Waals surface area contributed by atoms with Crippen LogP contribution >= 0.6 is 15.9 Å². The number of halogens is 1. The van der Waals surface area contributed by atoms with Crippen LogP contribution in [0.4, 0.5) is 0 Å². The fourth-order valence-electron chi connectivity index (χ4n) is 2.47. The average Bonchev–Trinajstić information content (AvgIpc) is 2.46. The minimum Gasteiger partial charge on any atom is -0.460 e. The van der Waals surface area contributed by atoms with Crippen molar-refractivity contribution in [3.8, 4) is 0 Å². The lowest BCUT2D eigenvalue weighted by molar-refractivity contribution is -0.161. The van der Waals surface area contributed by atoms with E-state index < -0.39 is 15.6 Å². The van der Waals surface area contributed by atoms with Gasteiger partial charge in [0.1, 0.15) is 5.60 Å². The molecular formula is C16H22BrNO4S. The molecule has 5 nitrogen and oxygen atoms in total. The number of hydrogen-bond donors (Lipinski definition) is 0. The Balaban J connectivity index is 2.01. The normalized spacial score (nSPS) is 17.9. The van der Waals surface area contributed by atoms with Crippen molar-refractivity contribution in [1.29, 1.82) is 0 Å². The molecule has 0 aliphatic carbocycles. The van der Waals surface area contributed by atoms with Crippen molar-refractivity contribution in [1.82, 2.24) is 4.31 Å². The van der Waals surface area contributed by atoms with Gasteiger partial charge in [0.15, 0.2) is 0 Å². The van der Waals surface area contributed by atoms with Gasteiger partial charge in [-0.15, -0.1) is 0 Å². The van der Waals surface area contributed by atoms with Gasteiger partial charge in [-0.05, 0) is 57.9 Å². The summed E-state index contributed by atoms with van der Waals surface area (Å²) in [6.45, 7) is 6.17. The first-order valence-electron chi connectivity index (χ1n) is 7.58. The number of hydrogen-bond acceptors (Lipinski definition) is 4. The number of piperidine rings is 1. The highest BCUT2D eigenvalue weighted by atomic mass is 79.9. The fourth-order valence-corrected chi connectivity index (χ4v) is 4.21. The summed E-state index contributed by atoms with van der Waals surface area (Å²) in [6.07, 6.45) is 0.981. The molecule has 1 saturated heterocycles. The van der Waals surface area contributed by atoms with Gasteiger partial charge in [-0.3, -0.25) is 4.79 Å². The zero-order chi connectivity index (χ0) is 17.3. The third kappa shape index (κ3) is 4.78. The van der Waals surface area contributed by atoms with Crippen LogP contribution < -0.4 is 0 Å². The highest BCUT2D eigenvalue weighted by Gasteiger charge is 2.33. The number of benzene rings is 1. The third-order valence-corrected chi connectivity index (χ3v) is 6.09. The van der Waals surface area contributed by atoms with E-state index >= 15 is 0 Å². The maximum atomic E-state index is 12.6. The van der Waals surface area contributed by atoms with E-state index in [-0.39, 0.29) is 16.8 Å². The lowest BCUT2D eigenvalue weighted by atomic mass is 9.98. The molecule has 2 rings (SSSR count). The van der Waals surface area contributed by atoms with Crippen molar-refractivity contribution in [3.05, 3.63) is 28.7 Å². The molecule has 1 aliphatic rings. The van der Waals surface area contributed by atoms with Gasteiger partial charge in [-0.2, -0.15) is 4.31 Å². The summed E-state index contributed by atoms with van der Waals surface area (Å²) < 4.78 is 32.9. The van der Waals surface area contributed by atoms with Crippen molar-refractivity contribution in [2.75, 3.05) is 13.1 Å². The predicted octanol–water partition coefficient (Wildman–Crippen LogP) is 3.19. The highest BCUT2D eigenvalue weighted by Crippen LogP contribution is 2.26. The monoisotopic (exact) mass is 403 g/mol. The van der Waals surface area contributed by atoms with E-state index in [4.69, 9.17) is 4.74 Å². The molecular weight excluding hydrogens is 382 g/mol. The second-order valence-corrected chi connectivity index (χ2v) is 9.52. The lowest BCUT2D eigenvalue weighted by Crippen LogP contribution is -2.41. The molecule has 0 aromatic heterocycles. The van der Waals surface area contributed by atoms with Crippen LogP contribution in [0.1, 0.15) is 33.6 Å². The Kier molecular flexibility index (Phi) is 5.53. The maximum Gasteiger partial charge on any atom is 0.309 e. The fraction of sp³-hybridized carbons (Fsp3) is 0.562. The third-order valence-electron chi connectivity index (χ3n) is 3.65. The van der Waals surface area contributed by atoms with Gasteiger partial charge in [0.25, 0.3) is 0 Å². The summed E-state index contributed by atoms with van der Waals surface area (Å²) in [5.41, 5.74) is -0.516. The molecule has 1 heterocycles. The lowest BCUT2D eigenvalue weighted by Gasteiger charge is -2.31. The molecule has 1 aromatic rings. The Morgan fingerprint density at radius 1 is 1.17 bits per heavy atom. The van der Waals surface area contributed by atoms with Crippen LogP contribution in [0.2, 0.25) is 0 Å². The SMILES string of the molecule is CC(C)(C)OC(=O)C1CCN(S(=O)(=O)c2ccc(Br)cc2)CC1. The second kappa shape index (κ2) is 6.91. The highest BCUT2D eigenvalue weighted by molar-refractivity contribution is 9.10.